The van der Waals surface area contributed by atoms with Gasteiger partial charge >= 0.3 is 0 Å². The standard InChI is InChI=1S/C15H14N2S2/c16-14(9-5-6-9)15-17-11(8-18-15)13-7-10-3-1-2-4-12(10)19-13/h1-4,7-9,14H,5-6,16H2. The number of rotatable bonds is 3. The largest absolute Gasteiger partial charge is 0.322 e. The highest BCUT2D eigenvalue weighted by atomic mass is 32.1. The Labute approximate surface area is 119 Å². The summed E-state index contributed by atoms with van der Waals surface area (Å²) in [5.41, 5.74) is 7.30. The van der Waals surface area contributed by atoms with Gasteiger partial charge in [0.05, 0.1) is 16.6 Å². The number of hydrogen-bond donors (Lipinski definition) is 1. The highest BCUT2D eigenvalue weighted by Crippen LogP contribution is 2.41. The lowest BCUT2D eigenvalue weighted by Crippen LogP contribution is -2.11. The molecule has 1 unspecified atom stereocenters. The normalized spacial score (nSPS) is 16.9. The number of aromatic nitrogens is 1. The van der Waals surface area contributed by atoms with Gasteiger partial charge in [-0.25, -0.2) is 4.98 Å². The zero-order chi connectivity index (χ0) is 12.8. The smallest absolute Gasteiger partial charge is 0.110 e. The fourth-order valence-electron chi connectivity index (χ4n) is 2.32. The predicted molar refractivity (Wildman–Crippen MR) is 82.6 cm³/mol. The van der Waals surface area contributed by atoms with Crippen LogP contribution in [-0.4, -0.2) is 4.98 Å². The number of nitrogens with two attached hydrogens (primary N) is 1. The molecule has 2 heterocycles. The average molecular weight is 286 g/mol. The molecule has 1 fully saturated rings. The van der Waals surface area contributed by atoms with Crippen LogP contribution >= 0.6 is 22.7 Å². The molecule has 0 radical (unpaired) electrons. The first kappa shape index (κ1) is 11.6. The van der Waals surface area contributed by atoms with Gasteiger partial charge in [0.25, 0.3) is 0 Å². The minimum Gasteiger partial charge on any atom is -0.322 e. The number of fused-ring (bicyclic) bond motifs is 1. The monoisotopic (exact) mass is 286 g/mol. The molecular formula is C15H14N2S2. The van der Waals surface area contributed by atoms with Crippen molar-refractivity contribution < 1.29 is 0 Å². The van der Waals surface area contributed by atoms with Crippen LogP contribution in [-0.2, 0) is 0 Å². The van der Waals surface area contributed by atoms with Crippen molar-refractivity contribution in [1.29, 1.82) is 0 Å². The second kappa shape index (κ2) is 4.40. The molecule has 1 saturated carbocycles. The van der Waals surface area contributed by atoms with Crippen LogP contribution in [0.4, 0.5) is 0 Å². The van der Waals surface area contributed by atoms with Crippen LogP contribution in [0.2, 0.25) is 0 Å². The molecule has 19 heavy (non-hydrogen) atoms. The Kier molecular flexibility index (Phi) is 2.69. The third-order valence-electron chi connectivity index (χ3n) is 3.61. The molecule has 4 rings (SSSR count). The second-order valence-electron chi connectivity index (χ2n) is 5.08. The molecule has 2 N–H and O–H groups in total. The van der Waals surface area contributed by atoms with Crippen LogP contribution in [0.1, 0.15) is 23.9 Å². The van der Waals surface area contributed by atoms with Crippen LogP contribution in [0.25, 0.3) is 20.7 Å². The van der Waals surface area contributed by atoms with E-state index in [2.05, 4.69) is 35.7 Å². The Morgan fingerprint density at radius 2 is 2.11 bits per heavy atom. The zero-order valence-electron chi connectivity index (χ0n) is 10.4. The van der Waals surface area contributed by atoms with E-state index in [1.807, 2.05) is 0 Å². The summed E-state index contributed by atoms with van der Waals surface area (Å²) < 4.78 is 1.32. The molecule has 0 saturated heterocycles. The number of benzene rings is 1. The first-order chi connectivity index (χ1) is 9.31. The highest BCUT2D eigenvalue weighted by molar-refractivity contribution is 7.22. The molecule has 0 spiro atoms. The summed E-state index contributed by atoms with van der Waals surface area (Å²) in [7, 11) is 0. The van der Waals surface area contributed by atoms with Crippen LogP contribution in [0.3, 0.4) is 0 Å². The van der Waals surface area contributed by atoms with Gasteiger partial charge in [-0.05, 0) is 36.3 Å². The SMILES string of the molecule is NC(c1nc(-c2cc3ccccc3s2)cs1)C1CC1. The molecule has 2 nitrogen and oxygen atoms in total. The summed E-state index contributed by atoms with van der Waals surface area (Å²) in [5, 5.41) is 4.53. The lowest BCUT2D eigenvalue weighted by atomic mass is 10.2. The second-order valence-corrected chi connectivity index (χ2v) is 7.06. The molecule has 1 atom stereocenters. The molecule has 1 aliphatic carbocycles. The summed E-state index contributed by atoms with van der Waals surface area (Å²) in [4.78, 5) is 5.98. The Balaban J connectivity index is 1.71. The van der Waals surface area contributed by atoms with Gasteiger partial charge < -0.3 is 5.73 Å². The van der Waals surface area contributed by atoms with Gasteiger partial charge in [0.2, 0.25) is 0 Å². The van der Waals surface area contributed by atoms with E-state index in [9.17, 15) is 0 Å². The molecule has 96 valence electrons. The van der Waals surface area contributed by atoms with E-state index in [1.165, 1.54) is 27.8 Å². The van der Waals surface area contributed by atoms with Crippen molar-refractivity contribution in [3.63, 3.8) is 0 Å². The average Bonchev–Trinajstić information content (AvgIpc) is 3.01. The minimum absolute atomic E-state index is 0.146. The molecule has 0 aliphatic heterocycles. The van der Waals surface area contributed by atoms with Crippen LogP contribution < -0.4 is 5.73 Å². The van der Waals surface area contributed by atoms with Gasteiger partial charge in [-0.3, -0.25) is 0 Å². The van der Waals surface area contributed by atoms with Gasteiger partial charge in [-0.2, -0.15) is 0 Å². The van der Waals surface area contributed by atoms with Gasteiger partial charge in [0.1, 0.15) is 5.01 Å². The van der Waals surface area contributed by atoms with E-state index in [1.54, 1.807) is 22.7 Å². The number of nitrogens with zero attached hydrogens (tertiary/aromatic N) is 1. The Hall–Kier alpha value is -1.23. The molecule has 0 bridgehead atoms. The van der Waals surface area contributed by atoms with Crippen LogP contribution in [0, 0.1) is 5.92 Å². The van der Waals surface area contributed by atoms with Crippen molar-refractivity contribution >= 4 is 32.8 Å². The van der Waals surface area contributed by atoms with E-state index in [-0.39, 0.29) is 6.04 Å². The quantitative estimate of drug-likeness (QED) is 0.773. The first-order valence-electron chi connectivity index (χ1n) is 6.51. The van der Waals surface area contributed by atoms with Gasteiger partial charge in [0, 0.05) is 10.1 Å². The summed E-state index contributed by atoms with van der Waals surface area (Å²) in [6.45, 7) is 0. The first-order valence-corrected chi connectivity index (χ1v) is 8.21. The van der Waals surface area contributed by atoms with Crippen molar-refractivity contribution in [2.75, 3.05) is 0 Å². The molecule has 0 amide bonds. The van der Waals surface area contributed by atoms with Gasteiger partial charge in [-0.15, -0.1) is 22.7 Å². The molecule has 4 heteroatoms. The summed E-state index contributed by atoms with van der Waals surface area (Å²) >= 11 is 3.50. The summed E-state index contributed by atoms with van der Waals surface area (Å²) in [6, 6.07) is 10.8. The maximum absolute atomic E-state index is 6.22. The molecule has 2 aromatic heterocycles. The lowest BCUT2D eigenvalue weighted by molar-refractivity contribution is 0.629. The predicted octanol–water partition coefficient (Wildman–Crippen LogP) is 4.43. The van der Waals surface area contributed by atoms with E-state index in [4.69, 9.17) is 10.7 Å². The van der Waals surface area contributed by atoms with Crippen molar-refractivity contribution in [2.45, 2.75) is 18.9 Å². The van der Waals surface area contributed by atoms with E-state index >= 15 is 0 Å². The summed E-state index contributed by atoms with van der Waals surface area (Å²) in [5.74, 6) is 0.668. The van der Waals surface area contributed by atoms with E-state index in [0.29, 0.717) is 5.92 Å². The molecule has 1 aromatic carbocycles. The van der Waals surface area contributed by atoms with E-state index in [0.717, 1.165) is 10.7 Å². The lowest BCUT2D eigenvalue weighted by Gasteiger charge is -2.04. The van der Waals surface area contributed by atoms with Crippen molar-refractivity contribution in [3.05, 3.63) is 40.7 Å². The van der Waals surface area contributed by atoms with Crippen molar-refractivity contribution in [2.24, 2.45) is 11.7 Å². The van der Waals surface area contributed by atoms with Crippen LogP contribution in [0.5, 0.6) is 0 Å². The summed E-state index contributed by atoms with van der Waals surface area (Å²) in [6.07, 6.45) is 2.53. The number of hydrogen-bond acceptors (Lipinski definition) is 4. The minimum atomic E-state index is 0.146. The fraction of sp³-hybridized carbons (Fsp3) is 0.267. The zero-order valence-corrected chi connectivity index (χ0v) is 12.0. The fourth-order valence-corrected chi connectivity index (χ4v) is 4.33. The third kappa shape index (κ3) is 2.10. The van der Waals surface area contributed by atoms with E-state index < -0.39 is 0 Å². The van der Waals surface area contributed by atoms with Crippen LogP contribution in [0.15, 0.2) is 35.7 Å². The molecular weight excluding hydrogens is 272 g/mol. The maximum Gasteiger partial charge on any atom is 0.110 e. The molecule has 1 aliphatic rings. The number of thiophene rings is 1. The Morgan fingerprint density at radius 1 is 1.26 bits per heavy atom. The Morgan fingerprint density at radius 3 is 2.89 bits per heavy atom. The third-order valence-corrected chi connectivity index (χ3v) is 5.70. The van der Waals surface area contributed by atoms with Gasteiger partial charge in [0.15, 0.2) is 0 Å². The van der Waals surface area contributed by atoms with Crippen molar-refractivity contribution in [3.8, 4) is 10.6 Å². The maximum atomic E-state index is 6.22. The van der Waals surface area contributed by atoms with Gasteiger partial charge in [-0.1, -0.05) is 18.2 Å². The number of thiazole rings is 1. The Bertz CT molecular complexity index is 691. The highest BCUT2D eigenvalue weighted by Gasteiger charge is 2.31. The molecule has 3 aromatic rings. The van der Waals surface area contributed by atoms with Crippen molar-refractivity contribution in [1.82, 2.24) is 4.98 Å². The topological polar surface area (TPSA) is 38.9 Å².